The number of methoxy groups -OCH3 is 1. The molecule has 1 heterocycles. The molecule has 0 aromatic rings. The van der Waals surface area contributed by atoms with Gasteiger partial charge in [0.1, 0.15) is 11.5 Å². The number of rotatable bonds is 4. The van der Waals surface area contributed by atoms with Gasteiger partial charge < -0.3 is 14.6 Å². The van der Waals surface area contributed by atoms with Crippen LogP contribution in [-0.4, -0.2) is 24.4 Å². The lowest BCUT2D eigenvalue weighted by atomic mass is 9.84. The van der Waals surface area contributed by atoms with Crippen molar-refractivity contribution < 1.29 is 14.6 Å². The first kappa shape index (κ1) is 12.5. The number of ether oxygens (including phenoxy) is 2. The summed E-state index contributed by atoms with van der Waals surface area (Å²) in [5, 5.41) is 10.7. The molecule has 2 aliphatic rings. The summed E-state index contributed by atoms with van der Waals surface area (Å²) in [5.41, 5.74) is -0.795. The zero-order valence-corrected chi connectivity index (χ0v) is 10.7. The van der Waals surface area contributed by atoms with Gasteiger partial charge in [-0.05, 0) is 19.3 Å². The van der Waals surface area contributed by atoms with Crippen LogP contribution in [0.15, 0.2) is 23.7 Å². The average molecular weight is 238 g/mol. The van der Waals surface area contributed by atoms with E-state index in [0.717, 1.165) is 43.8 Å². The van der Waals surface area contributed by atoms with E-state index in [0.29, 0.717) is 6.42 Å². The van der Waals surface area contributed by atoms with Crippen molar-refractivity contribution in [1.29, 1.82) is 0 Å². The van der Waals surface area contributed by atoms with Crippen LogP contribution in [0.25, 0.3) is 0 Å². The first-order chi connectivity index (χ1) is 8.21. The smallest absolute Gasteiger partial charge is 0.140 e. The zero-order chi connectivity index (χ0) is 12.3. The van der Waals surface area contributed by atoms with Gasteiger partial charge in [0.25, 0.3) is 0 Å². The number of unbranched alkanes of at least 4 members (excludes halogenated alkanes) is 1. The van der Waals surface area contributed by atoms with Crippen LogP contribution in [0.3, 0.4) is 0 Å². The highest BCUT2D eigenvalue weighted by Gasteiger charge is 2.47. The highest BCUT2D eigenvalue weighted by molar-refractivity contribution is 5.28. The van der Waals surface area contributed by atoms with E-state index in [1.165, 1.54) is 0 Å². The van der Waals surface area contributed by atoms with Gasteiger partial charge in [-0.3, -0.25) is 0 Å². The molecular weight excluding hydrogens is 216 g/mol. The lowest BCUT2D eigenvalue weighted by Gasteiger charge is -2.31. The van der Waals surface area contributed by atoms with Gasteiger partial charge in [-0.2, -0.15) is 0 Å². The summed E-state index contributed by atoms with van der Waals surface area (Å²) in [4.78, 5) is 0. The highest BCUT2D eigenvalue weighted by Crippen LogP contribution is 2.46. The van der Waals surface area contributed by atoms with Crippen molar-refractivity contribution in [2.75, 3.05) is 13.7 Å². The number of hydrogen-bond donors (Lipinski definition) is 1. The maximum absolute atomic E-state index is 10.7. The Balaban J connectivity index is 2.16. The van der Waals surface area contributed by atoms with Gasteiger partial charge in [0, 0.05) is 6.42 Å². The van der Waals surface area contributed by atoms with Gasteiger partial charge in [-0.25, -0.2) is 0 Å². The molecule has 0 unspecified atom stereocenters. The van der Waals surface area contributed by atoms with Crippen LogP contribution in [0.4, 0.5) is 0 Å². The molecule has 17 heavy (non-hydrogen) atoms. The van der Waals surface area contributed by atoms with E-state index in [1.54, 1.807) is 7.11 Å². The van der Waals surface area contributed by atoms with Gasteiger partial charge >= 0.3 is 0 Å². The molecule has 2 atom stereocenters. The van der Waals surface area contributed by atoms with E-state index in [9.17, 15) is 5.11 Å². The first-order valence-corrected chi connectivity index (χ1v) is 6.51. The van der Waals surface area contributed by atoms with Crippen LogP contribution in [0, 0.1) is 5.92 Å². The lowest BCUT2D eigenvalue weighted by molar-refractivity contribution is 0.00873. The Labute approximate surface area is 103 Å². The molecule has 1 N–H and O–H groups in total. The van der Waals surface area contributed by atoms with Gasteiger partial charge in [0.05, 0.1) is 25.2 Å². The van der Waals surface area contributed by atoms with E-state index in [-0.39, 0.29) is 5.92 Å². The minimum atomic E-state index is -0.795. The third-order valence-corrected chi connectivity index (χ3v) is 3.64. The Morgan fingerprint density at radius 3 is 3.12 bits per heavy atom. The predicted octanol–water partition coefficient (Wildman–Crippen LogP) is 2.76. The number of allylic oxidation sites excluding steroid dienone is 1. The summed E-state index contributed by atoms with van der Waals surface area (Å²) < 4.78 is 11.0. The summed E-state index contributed by atoms with van der Waals surface area (Å²) >= 11 is 0. The van der Waals surface area contributed by atoms with Gasteiger partial charge in [-0.15, -0.1) is 0 Å². The molecule has 0 aromatic heterocycles. The van der Waals surface area contributed by atoms with Crippen molar-refractivity contribution in [2.24, 2.45) is 5.92 Å². The van der Waals surface area contributed by atoms with Gasteiger partial charge in [0.2, 0.25) is 0 Å². The molecule has 1 fully saturated rings. The second-order valence-corrected chi connectivity index (χ2v) is 4.89. The average Bonchev–Trinajstić information content (AvgIpc) is 2.64. The molecule has 2 rings (SSSR count). The summed E-state index contributed by atoms with van der Waals surface area (Å²) in [6.45, 7) is 2.88. The van der Waals surface area contributed by atoms with E-state index >= 15 is 0 Å². The summed E-state index contributed by atoms with van der Waals surface area (Å²) in [6.07, 6.45) is 8.67. The van der Waals surface area contributed by atoms with Crippen LogP contribution in [0.1, 0.15) is 39.0 Å². The molecule has 0 saturated carbocycles. The van der Waals surface area contributed by atoms with Crippen LogP contribution in [0.2, 0.25) is 0 Å². The maximum atomic E-state index is 10.7. The fraction of sp³-hybridized carbons (Fsp3) is 0.714. The van der Waals surface area contributed by atoms with Crippen LogP contribution in [0.5, 0.6) is 0 Å². The van der Waals surface area contributed by atoms with Crippen molar-refractivity contribution >= 4 is 0 Å². The fourth-order valence-electron chi connectivity index (χ4n) is 2.72. The Kier molecular flexibility index (Phi) is 3.77. The summed E-state index contributed by atoms with van der Waals surface area (Å²) in [7, 11) is 1.65. The topological polar surface area (TPSA) is 38.7 Å². The quantitative estimate of drug-likeness (QED) is 0.765. The Morgan fingerprint density at radius 2 is 2.41 bits per heavy atom. The Hall–Kier alpha value is -0.960. The van der Waals surface area contributed by atoms with Crippen molar-refractivity contribution in [3.8, 4) is 0 Å². The minimum absolute atomic E-state index is 0.0827. The Morgan fingerprint density at radius 1 is 1.59 bits per heavy atom. The van der Waals surface area contributed by atoms with Gasteiger partial charge in [-0.1, -0.05) is 25.5 Å². The van der Waals surface area contributed by atoms with Crippen molar-refractivity contribution in [2.45, 2.75) is 44.6 Å². The molecule has 0 bridgehead atoms. The fourth-order valence-corrected chi connectivity index (χ4v) is 2.72. The molecule has 0 aromatic carbocycles. The maximum Gasteiger partial charge on any atom is 0.140 e. The number of aliphatic hydroxyl groups is 1. The molecule has 3 nitrogen and oxygen atoms in total. The molecule has 1 aliphatic heterocycles. The molecule has 1 saturated heterocycles. The first-order valence-electron chi connectivity index (χ1n) is 6.51. The third-order valence-electron chi connectivity index (χ3n) is 3.64. The van der Waals surface area contributed by atoms with E-state index in [1.807, 2.05) is 6.08 Å². The van der Waals surface area contributed by atoms with E-state index < -0.39 is 5.60 Å². The van der Waals surface area contributed by atoms with E-state index in [2.05, 4.69) is 13.0 Å². The van der Waals surface area contributed by atoms with Crippen LogP contribution < -0.4 is 0 Å². The minimum Gasteiger partial charge on any atom is -0.497 e. The monoisotopic (exact) mass is 238 g/mol. The Bertz CT molecular complexity index is 332. The number of fused-ring (bicyclic) bond motifs is 1. The highest BCUT2D eigenvalue weighted by atomic mass is 16.5. The SMILES string of the molecule is CCC/C=C/[C@]1(O)CC(OC)=C2OCCC[C@H]21. The van der Waals surface area contributed by atoms with Crippen molar-refractivity contribution in [1.82, 2.24) is 0 Å². The third kappa shape index (κ3) is 2.34. The summed E-state index contributed by atoms with van der Waals surface area (Å²) in [6, 6.07) is 0. The normalized spacial score (nSPS) is 32.8. The largest absolute Gasteiger partial charge is 0.497 e. The predicted molar refractivity (Wildman–Crippen MR) is 66.3 cm³/mol. The lowest BCUT2D eigenvalue weighted by Crippen LogP contribution is -2.35. The molecule has 0 spiro atoms. The standard InChI is InChI=1S/C14H22O3/c1-3-4-5-8-14(15)10-12(16-2)13-11(14)7-6-9-17-13/h5,8,11,15H,3-4,6-7,9-10H2,1-2H3/b8-5+/t11-,14+/m1/s1. The van der Waals surface area contributed by atoms with Crippen molar-refractivity contribution in [3.05, 3.63) is 23.7 Å². The van der Waals surface area contributed by atoms with Crippen LogP contribution >= 0.6 is 0 Å². The van der Waals surface area contributed by atoms with Crippen molar-refractivity contribution in [3.63, 3.8) is 0 Å². The van der Waals surface area contributed by atoms with Gasteiger partial charge in [0.15, 0.2) is 0 Å². The molecule has 0 amide bonds. The molecule has 0 radical (unpaired) electrons. The second kappa shape index (κ2) is 5.13. The molecule has 3 heteroatoms. The molecular formula is C14H22O3. The van der Waals surface area contributed by atoms with Crippen LogP contribution in [-0.2, 0) is 9.47 Å². The molecule has 96 valence electrons. The zero-order valence-electron chi connectivity index (χ0n) is 10.7. The second-order valence-electron chi connectivity index (χ2n) is 4.89. The molecule has 1 aliphatic carbocycles. The van der Waals surface area contributed by atoms with E-state index in [4.69, 9.17) is 9.47 Å². The number of hydrogen-bond acceptors (Lipinski definition) is 3. The summed E-state index contributed by atoms with van der Waals surface area (Å²) in [5.74, 6) is 1.78.